The van der Waals surface area contributed by atoms with E-state index in [-0.39, 0.29) is 29.7 Å². The molecular formula is C20H19F4N3O2. The highest BCUT2D eigenvalue weighted by Crippen LogP contribution is 2.29. The van der Waals surface area contributed by atoms with Crippen molar-refractivity contribution >= 4 is 16.9 Å². The molecule has 3 rings (SSSR count). The first kappa shape index (κ1) is 20.8. The summed E-state index contributed by atoms with van der Waals surface area (Å²) in [6.45, 7) is 1.95. The number of nitrogens with zero attached hydrogens (tertiary/aromatic N) is 2. The van der Waals surface area contributed by atoms with Gasteiger partial charge in [0, 0.05) is 24.8 Å². The van der Waals surface area contributed by atoms with Crippen LogP contribution in [0.25, 0.3) is 11.0 Å². The highest BCUT2D eigenvalue weighted by molar-refractivity contribution is 5.97. The average Bonchev–Trinajstić information content (AvgIpc) is 3.11. The lowest BCUT2D eigenvalue weighted by Gasteiger charge is -2.29. The van der Waals surface area contributed by atoms with Gasteiger partial charge in [-0.05, 0) is 31.2 Å². The van der Waals surface area contributed by atoms with Crippen molar-refractivity contribution in [1.29, 1.82) is 0 Å². The van der Waals surface area contributed by atoms with E-state index < -0.39 is 29.8 Å². The van der Waals surface area contributed by atoms with Gasteiger partial charge in [0.25, 0.3) is 5.91 Å². The van der Waals surface area contributed by atoms with Gasteiger partial charge in [0.05, 0.1) is 23.7 Å². The molecular weight excluding hydrogens is 390 g/mol. The fourth-order valence-corrected chi connectivity index (χ4v) is 3.01. The fraction of sp³-hybridized carbons (Fsp3) is 0.300. The van der Waals surface area contributed by atoms with Gasteiger partial charge in [0.2, 0.25) is 5.82 Å². The molecule has 5 nitrogen and oxygen atoms in total. The molecule has 0 saturated heterocycles. The topological polar surface area (TPSA) is 58.2 Å². The summed E-state index contributed by atoms with van der Waals surface area (Å²) < 4.78 is 57.8. The predicted octanol–water partition coefficient (Wildman–Crippen LogP) is 4.40. The summed E-state index contributed by atoms with van der Waals surface area (Å²) >= 11 is 0. The molecule has 3 aromatic rings. The standard InChI is InChI=1S/C20H19F4N3O2/c1-12(11-29-2)27(10-14-5-3-4-6-15(14)21)18(28)13-7-8-16-17(9-13)26-19(25-16)20(22,23)24/h3-9,12H,10-11H2,1-2H3,(H,25,26)/t12-/m0/s1. The van der Waals surface area contributed by atoms with Gasteiger partial charge in [-0.15, -0.1) is 0 Å². The molecule has 0 aliphatic heterocycles. The number of ether oxygens (including phenoxy) is 1. The summed E-state index contributed by atoms with van der Waals surface area (Å²) in [5.41, 5.74) is 0.674. The molecule has 0 radical (unpaired) electrons. The van der Waals surface area contributed by atoms with E-state index in [4.69, 9.17) is 4.74 Å². The van der Waals surface area contributed by atoms with Gasteiger partial charge in [-0.3, -0.25) is 4.79 Å². The van der Waals surface area contributed by atoms with Crippen LogP contribution in [0.15, 0.2) is 42.5 Å². The van der Waals surface area contributed by atoms with Gasteiger partial charge in [-0.2, -0.15) is 13.2 Å². The molecule has 154 valence electrons. The summed E-state index contributed by atoms with van der Waals surface area (Å²) in [5, 5.41) is 0. The van der Waals surface area contributed by atoms with E-state index in [0.717, 1.165) is 0 Å². The van der Waals surface area contributed by atoms with Crippen LogP contribution in [0.2, 0.25) is 0 Å². The quantitative estimate of drug-likeness (QED) is 0.614. The molecule has 2 aromatic carbocycles. The van der Waals surface area contributed by atoms with Crippen molar-refractivity contribution < 1.29 is 27.1 Å². The minimum absolute atomic E-state index is 0.00908. The number of rotatable bonds is 6. The zero-order chi connectivity index (χ0) is 21.2. The molecule has 1 heterocycles. The smallest absolute Gasteiger partial charge is 0.383 e. The number of aromatic nitrogens is 2. The second-order valence-electron chi connectivity index (χ2n) is 6.64. The first-order valence-electron chi connectivity index (χ1n) is 8.81. The van der Waals surface area contributed by atoms with Crippen molar-refractivity contribution in [2.45, 2.75) is 25.7 Å². The number of carbonyl (C=O) groups is 1. The zero-order valence-electron chi connectivity index (χ0n) is 15.8. The molecule has 1 atom stereocenters. The van der Waals surface area contributed by atoms with E-state index >= 15 is 0 Å². The summed E-state index contributed by atoms with van der Waals surface area (Å²) in [5.74, 6) is -2.04. The number of amides is 1. The molecule has 0 spiro atoms. The number of aromatic amines is 1. The lowest BCUT2D eigenvalue weighted by molar-refractivity contribution is -0.144. The van der Waals surface area contributed by atoms with Gasteiger partial charge in [0.15, 0.2) is 0 Å². The maximum Gasteiger partial charge on any atom is 0.449 e. The molecule has 0 aliphatic rings. The fourth-order valence-electron chi connectivity index (χ4n) is 3.01. The highest BCUT2D eigenvalue weighted by Gasteiger charge is 2.35. The Balaban J connectivity index is 1.95. The molecule has 1 aromatic heterocycles. The van der Waals surface area contributed by atoms with Crippen LogP contribution >= 0.6 is 0 Å². The first-order valence-corrected chi connectivity index (χ1v) is 8.81. The lowest BCUT2D eigenvalue weighted by atomic mass is 10.1. The van der Waals surface area contributed by atoms with Crippen molar-refractivity contribution in [3.63, 3.8) is 0 Å². The molecule has 0 saturated carbocycles. The largest absolute Gasteiger partial charge is 0.449 e. The Bertz CT molecular complexity index is 1020. The zero-order valence-corrected chi connectivity index (χ0v) is 15.8. The van der Waals surface area contributed by atoms with Crippen LogP contribution in [0, 0.1) is 5.82 Å². The van der Waals surface area contributed by atoms with Crippen LogP contribution in [0.1, 0.15) is 28.7 Å². The number of nitrogens with one attached hydrogen (secondary N) is 1. The number of hydrogen-bond acceptors (Lipinski definition) is 3. The van der Waals surface area contributed by atoms with Crippen LogP contribution in [0.3, 0.4) is 0 Å². The predicted molar refractivity (Wildman–Crippen MR) is 98.7 cm³/mol. The van der Waals surface area contributed by atoms with E-state index in [1.807, 2.05) is 0 Å². The van der Waals surface area contributed by atoms with Crippen LogP contribution < -0.4 is 0 Å². The van der Waals surface area contributed by atoms with Crippen molar-refractivity contribution in [2.75, 3.05) is 13.7 Å². The molecule has 29 heavy (non-hydrogen) atoms. The number of benzene rings is 2. The lowest BCUT2D eigenvalue weighted by Crippen LogP contribution is -2.40. The van der Waals surface area contributed by atoms with Crippen molar-refractivity contribution in [1.82, 2.24) is 14.9 Å². The molecule has 0 fully saturated rings. The third-order valence-corrected chi connectivity index (χ3v) is 4.50. The molecule has 9 heteroatoms. The SMILES string of the molecule is COC[C@H](C)N(Cc1ccccc1F)C(=O)c1ccc2nc(C(F)(F)F)[nH]c2c1. The minimum Gasteiger partial charge on any atom is -0.383 e. The van der Waals surface area contributed by atoms with E-state index in [9.17, 15) is 22.4 Å². The first-order chi connectivity index (χ1) is 13.7. The van der Waals surface area contributed by atoms with Gasteiger partial charge in [0.1, 0.15) is 5.82 Å². The van der Waals surface area contributed by atoms with E-state index in [1.165, 1.54) is 36.3 Å². The number of alkyl halides is 3. The van der Waals surface area contributed by atoms with Crippen molar-refractivity contribution in [3.8, 4) is 0 Å². The Morgan fingerprint density at radius 3 is 2.62 bits per heavy atom. The van der Waals surface area contributed by atoms with Crippen LogP contribution in [0.4, 0.5) is 17.6 Å². The normalized spacial score (nSPS) is 12.9. The molecule has 0 unspecified atom stereocenters. The van der Waals surface area contributed by atoms with Gasteiger partial charge in [-0.1, -0.05) is 18.2 Å². The molecule has 0 aliphatic carbocycles. The van der Waals surface area contributed by atoms with E-state index in [1.54, 1.807) is 25.1 Å². The Morgan fingerprint density at radius 2 is 1.97 bits per heavy atom. The van der Waals surface area contributed by atoms with E-state index in [2.05, 4.69) is 9.97 Å². The van der Waals surface area contributed by atoms with E-state index in [0.29, 0.717) is 5.56 Å². The summed E-state index contributed by atoms with van der Waals surface area (Å²) in [4.78, 5) is 20.2. The number of imidazole rings is 1. The van der Waals surface area contributed by atoms with Gasteiger partial charge < -0.3 is 14.6 Å². The van der Waals surface area contributed by atoms with Crippen molar-refractivity contribution in [3.05, 3.63) is 65.2 Å². The van der Waals surface area contributed by atoms with Crippen LogP contribution in [-0.2, 0) is 17.5 Å². The Kier molecular flexibility index (Phi) is 5.88. The molecule has 0 bridgehead atoms. The molecule has 1 amide bonds. The monoisotopic (exact) mass is 409 g/mol. The summed E-state index contributed by atoms with van der Waals surface area (Å²) in [7, 11) is 1.48. The number of carbonyl (C=O) groups excluding carboxylic acids is 1. The highest BCUT2D eigenvalue weighted by atomic mass is 19.4. The Morgan fingerprint density at radius 1 is 1.24 bits per heavy atom. The number of hydrogen-bond donors (Lipinski definition) is 1. The van der Waals surface area contributed by atoms with Gasteiger partial charge >= 0.3 is 6.18 Å². The number of H-pyrrole nitrogens is 1. The number of halogens is 4. The third-order valence-electron chi connectivity index (χ3n) is 4.50. The molecule has 1 N–H and O–H groups in total. The summed E-state index contributed by atoms with van der Waals surface area (Å²) in [6.07, 6.45) is -4.62. The van der Waals surface area contributed by atoms with Crippen LogP contribution in [0.5, 0.6) is 0 Å². The number of fused-ring (bicyclic) bond motifs is 1. The minimum atomic E-state index is -4.62. The average molecular weight is 409 g/mol. The second-order valence-corrected chi connectivity index (χ2v) is 6.64. The third kappa shape index (κ3) is 4.56. The maximum absolute atomic E-state index is 14.1. The summed E-state index contributed by atoms with van der Waals surface area (Å²) in [6, 6.07) is 9.75. The Hall–Kier alpha value is -2.94. The van der Waals surface area contributed by atoms with Gasteiger partial charge in [-0.25, -0.2) is 9.37 Å². The Labute approximate surface area is 164 Å². The maximum atomic E-state index is 14.1. The number of methoxy groups -OCH3 is 1. The second kappa shape index (κ2) is 8.20. The van der Waals surface area contributed by atoms with Crippen molar-refractivity contribution in [2.24, 2.45) is 0 Å². The van der Waals surface area contributed by atoms with Crippen LogP contribution in [-0.4, -0.2) is 40.5 Å².